The minimum atomic E-state index is -2.05. The second-order valence-corrected chi connectivity index (χ2v) is 12.8. The van der Waals surface area contributed by atoms with Crippen LogP contribution in [0.1, 0.15) is 109 Å². The van der Waals surface area contributed by atoms with Gasteiger partial charge in [0.05, 0.1) is 27.7 Å². The van der Waals surface area contributed by atoms with Crippen molar-refractivity contribution < 1.29 is 32.7 Å². The van der Waals surface area contributed by atoms with Crippen LogP contribution in [0.3, 0.4) is 0 Å². The Kier molecular flexibility index (Phi) is 21.5. The molecule has 0 amide bonds. The predicted molar refractivity (Wildman–Crippen MR) is 165 cm³/mol. The Morgan fingerprint density at radius 1 is 0.825 bits per heavy atom. The van der Waals surface area contributed by atoms with Crippen molar-refractivity contribution in [1.29, 1.82) is 0 Å². The third kappa shape index (κ3) is 20.6. The van der Waals surface area contributed by atoms with E-state index in [1.165, 1.54) is 76.2 Å². The van der Waals surface area contributed by atoms with Gasteiger partial charge in [-0.2, -0.15) is 0 Å². The van der Waals surface area contributed by atoms with Crippen molar-refractivity contribution in [2.45, 2.75) is 116 Å². The lowest BCUT2D eigenvalue weighted by Crippen LogP contribution is -2.37. The van der Waals surface area contributed by atoms with E-state index < -0.39 is 14.7 Å². The number of para-hydroxylation sites is 1. The number of esters is 1. The minimum absolute atomic E-state index is 0.0168. The molecule has 0 radical (unpaired) electrons. The molecule has 0 aromatic heterocycles. The van der Waals surface area contributed by atoms with E-state index in [2.05, 4.69) is 34.1 Å². The highest BCUT2D eigenvalue weighted by Crippen LogP contribution is 2.33. The second kappa shape index (κ2) is 23.3. The lowest BCUT2D eigenvalue weighted by molar-refractivity contribution is -0.870. The average Bonchev–Trinajstić information content (AvgIpc) is 2.90. The fourth-order valence-electron chi connectivity index (χ4n) is 4.33. The molecule has 0 aliphatic heterocycles. The summed E-state index contributed by atoms with van der Waals surface area (Å²) in [6.07, 6.45) is 17.4. The molecule has 0 bridgehead atoms. The molecular weight excluding hydrogens is 525 g/mol. The Morgan fingerprint density at radius 3 is 2.02 bits per heavy atom. The number of likely N-dealkylation sites (N-methyl/N-ethyl adjacent to an activating group) is 1. The molecule has 2 unspecified atom stereocenters. The molecule has 232 valence electrons. The first-order valence-corrected chi connectivity index (χ1v) is 16.8. The van der Waals surface area contributed by atoms with Crippen molar-refractivity contribution in [1.82, 2.24) is 0 Å². The van der Waals surface area contributed by atoms with Gasteiger partial charge in [0.25, 0.3) is 0 Å². The van der Waals surface area contributed by atoms with Crippen molar-refractivity contribution in [3.05, 3.63) is 29.8 Å². The van der Waals surface area contributed by atoms with E-state index >= 15 is 0 Å². The van der Waals surface area contributed by atoms with Crippen LogP contribution in [0, 0.1) is 0 Å². The van der Waals surface area contributed by atoms with Gasteiger partial charge in [0.15, 0.2) is 6.10 Å². The van der Waals surface area contributed by atoms with Crippen molar-refractivity contribution in [3.8, 4) is 5.75 Å². The highest BCUT2D eigenvalue weighted by molar-refractivity contribution is 7.40. The van der Waals surface area contributed by atoms with Crippen LogP contribution in [0.15, 0.2) is 24.3 Å². The van der Waals surface area contributed by atoms with E-state index in [0.29, 0.717) is 19.4 Å². The Bertz CT molecular complexity index is 757. The molecule has 1 aromatic carbocycles. The van der Waals surface area contributed by atoms with Gasteiger partial charge in [-0.25, -0.2) is 0 Å². The lowest BCUT2D eigenvalue weighted by Gasteiger charge is -2.24. The Labute approximate surface area is 246 Å². The zero-order chi connectivity index (χ0) is 29.5. The monoisotopic (exact) mass is 584 g/mol. The summed E-state index contributed by atoms with van der Waals surface area (Å²) >= 11 is 0. The number of rotatable bonds is 26. The number of carbonyl (C=O) groups is 1. The highest BCUT2D eigenvalue weighted by atomic mass is 31.2. The number of hydrogen-bond acceptors (Lipinski definition) is 6. The molecule has 0 aliphatic carbocycles. The average molecular weight is 585 g/mol. The Hall–Kier alpha value is -1.24. The molecule has 1 aromatic rings. The molecule has 1 N–H and O–H groups in total. The van der Waals surface area contributed by atoms with Gasteiger partial charge in [-0.05, 0) is 30.9 Å². The third-order valence-electron chi connectivity index (χ3n) is 6.78. The molecule has 0 saturated carbocycles. The summed E-state index contributed by atoms with van der Waals surface area (Å²) in [7, 11) is 4.12. The van der Waals surface area contributed by atoms with E-state index in [0.717, 1.165) is 29.6 Å². The molecule has 2 atom stereocenters. The van der Waals surface area contributed by atoms with Crippen LogP contribution >= 0.6 is 8.60 Å². The lowest BCUT2D eigenvalue weighted by atomic mass is 10.0. The number of hydrogen-bond donors (Lipinski definition) is 1. The summed E-state index contributed by atoms with van der Waals surface area (Å²) in [5, 5.41) is 0. The van der Waals surface area contributed by atoms with Crippen LogP contribution in [0.5, 0.6) is 5.75 Å². The summed E-state index contributed by atoms with van der Waals surface area (Å²) in [4.78, 5) is 22.3. The first kappa shape index (κ1) is 36.8. The number of unbranched alkanes of at least 4 members (excludes halogenated alkanes) is 11. The van der Waals surface area contributed by atoms with Crippen molar-refractivity contribution in [2.75, 3.05) is 47.5 Å². The standard InChI is InChI=1S/C32H59NO6P/c1-6-8-9-10-11-12-13-14-15-16-17-18-22-29-23-19-20-24-31(29)36-27-30(39-32(34)21-7-2)28-38-40(35)37-26-25-33(3,4)5/h19-20,23-24,30,35H,6-18,21-22,25-28H2,1-5H3/q+1. The van der Waals surface area contributed by atoms with Gasteiger partial charge in [-0.1, -0.05) is 103 Å². The van der Waals surface area contributed by atoms with Crippen LogP contribution in [-0.4, -0.2) is 69.0 Å². The Morgan fingerprint density at radius 2 is 1.43 bits per heavy atom. The summed E-state index contributed by atoms with van der Waals surface area (Å²) in [5.41, 5.74) is 1.17. The third-order valence-corrected chi connectivity index (χ3v) is 7.56. The maximum Gasteiger partial charge on any atom is 0.330 e. The highest BCUT2D eigenvalue weighted by Gasteiger charge is 2.20. The fourth-order valence-corrected chi connectivity index (χ4v) is 4.94. The predicted octanol–water partition coefficient (Wildman–Crippen LogP) is 7.98. The number of ether oxygens (including phenoxy) is 2. The molecule has 0 aliphatic rings. The number of nitrogens with zero attached hydrogens (tertiary/aromatic N) is 1. The fraction of sp³-hybridized carbons (Fsp3) is 0.781. The molecule has 0 saturated heterocycles. The van der Waals surface area contributed by atoms with Gasteiger partial charge in [0.2, 0.25) is 0 Å². The van der Waals surface area contributed by atoms with Crippen LogP contribution in [-0.2, 0) is 25.0 Å². The summed E-state index contributed by atoms with van der Waals surface area (Å²) in [6, 6.07) is 8.08. The van der Waals surface area contributed by atoms with Gasteiger partial charge in [0.1, 0.15) is 25.5 Å². The van der Waals surface area contributed by atoms with Crippen LogP contribution in [0.2, 0.25) is 0 Å². The molecule has 0 spiro atoms. The maximum atomic E-state index is 12.2. The van der Waals surface area contributed by atoms with Crippen molar-refractivity contribution >= 4 is 14.6 Å². The van der Waals surface area contributed by atoms with E-state index in [4.69, 9.17) is 18.5 Å². The quantitative estimate of drug-likeness (QED) is 0.0515. The van der Waals surface area contributed by atoms with Crippen molar-refractivity contribution in [3.63, 3.8) is 0 Å². The van der Waals surface area contributed by atoms with Crippen LogP contribution in [0.25, 0.3) is 0 Å². The zero-order valence-corrected chi connectivity index (χ0v) is 27.1. The normalized spacial score (nSPS) is 13.2. The molecule has 1 rings (SSSR count). The Balaban J connectivity index is 2.41. The summed E-state index contributed by atoms with van der Waals surface area (Å²) in [5.74, 6) is 0.519. The summed E-state index contributed by atoms with van der Waals surface area (Å²) in [6.45, 7) is 5.51. The summed E-state index contributed by atoms with van der Waals surface area (Å²) < 4.78 is 23.4. The number of aryl methyl sites for hydroxylation is 1. The second-order valence-electron chi connectivity index (χ2n) is 11.8. The first-order chi connectivity index (χ1) is 19.2. The van der Waals surface area contributed by atoms with Crippen LogP contribution in [0.4, 0.5) is 0 Å². The number of quaternary nitrogens is 1. The van der Waals surface area contributed by atoms with Crippen molar-refractivity contribution in [2.24, 2.45) is 0 Å². The first-order valence-electron chi connectivity index (χ1n) is 15.7. The molecular formula is C32H59NO6P+. The van der Waals surface area contributed by atoms with Gasteiger partial charge < -0.3 is 27.9 Å². The zero-order valence-electron chi connectivity index (χ0n) is 26.2. The van der Waals surface area contributed by atoms with E-state index in [-0.39, 0.29) is 19.2 Å². The minimum Gasteiger partial charge on any atom is -0.489 e. The van der Waals surface area contributed by atoms with Gasteiger partial charge in [-0.15, -0.1) is 0 Å². The largest absolute Gasteiger partial charge is 0.489 e. The van der Waals surface area contributed by atoms with Gasteiger partial charge in [-0.3, -0.25) is 4.79 Å². The van der Waals surface area contributed by atoms with Gasteiger partial charge >= 0.3 is 14.6 Å². The molecule has 40 heavy (non-hydrogen) atoms. The molecule has 0 fully saturated rings. The SMILES string of the molecule is CCCCCCCCCCCCCCc1ccccc1OCC(COP(O)OCC[N+](C)(C)C)OC(=O)CCC. The number of carbonyl (C=O) groups excluding carboxylic acids is 1. The van der Waals surface area contributed by atoms with E-state index in [9.17, 15) is 9.69 Å². The van der Waals surface area contributed by atoms with Gasteiger partial charge in [0, 0.05) is 6.42 Å². The van der Waals surface area contributed by atoms with E-state index in [1.54, 1.807) is 0 Å². The molecule has 0 heterocycles. The molecule has 7 nitrogen and oxygen atoms in total. The van der Waals surface area contributed by atoms with E-state index in [1.807, 2.05) is 25.1 Å². The smallest absolute Gasteiger partial charge is 0.330 e. The number of benzene rings is 1. The maximum absolute atomic E-state index is 12.2. The topological polar surface area (TPSA) is 74.2 Å². The van der Waals surface area contributed by atoms with Crippen LogP contribution < -0.4 is 4.74 Å². The molecule has 8 heteroatoms.